The summed E-state index contributed by atoms with van der Waals surface area (Å²) >= 11 is -2.29. The molecule has 0 aliphatic heterocycles. The van der Waals surface area contributed by atoms with Gasteiger partial charge >= 0.3 is 37.9 Å². The van der Waals surface area contributed by atoms with Gasteiger partial charge in [-0.3, -0.25) is 0 Å². The summed E-state index contributed by atoms with van der Waals surface area (Å²) in [5, 5.41) is 0.904. The normalized spacial score (nSPS) is 11.6. The quantitative estimate of drug-likeness (QED) is 0.222. The lowest BCUT2D eigenvalue weighted by Crippen LogP contribution is -2.17. The third kappa shape index (κ3) is 5.15. The number of pyridine rings is 2. The van der Waals surface area contributed by atoms with Crippen molar-refractivity contribution in [3.63, 3.8) is 0 Å². The molecule has 0 fully saturated rings. The van der Waals surface area contributed by atoms with Crippen molar-refractivity contribution >= 4 is 53.6 Å². The van der Waals surface area contributed by atoms with E-state index in [-0.39, 0.29) is 11.5 Å². The summed E-state index contributed by atoms with van der Waals surface area (Å²) in [7, 11) is 0. The molecule has 160 valence electrons. The first-order valence-electron chi connectivity index (χ1n) is 9.38. The first-order chi connectivity index (χ1) is 15.2. The zero-order valence-corrected chi connectivity index (χ0v) is 19.2. The molecule has 4 rings (SSSR count). The molecule has 0 N–H and O–H groups in total. The number of aryl methyl sites for hydroxylation is 2. The predicted molar refractivity (Wildman–Crippen MR) is 112 cm³/mol. The Labute approximate surface area is 194 Å². The topological polar surface area (TPSA) is 53.5 Å². The minimum atomic E-state index is -4.52. The summed E-state index contributed by atoms with van der Waals surface area (Å²) in [6.07, 6.45) is -4.52. The largest absolute Gasteiger partial charge is 0.743 e. The molecule has 0 aliphatic rings. The molecule has 32 heavy (non-hydrogen) atoms. The maximum Gasteiger partial charge on any atom is 0.743 e. The van der Waals surface area contributed by atoms with E-state index in [1.807, 2.05) is 6.92 Å². The molecule has 5 nitrogen and oxygen atoms in total. The van der Waals surface area contributed by atoms with Crippen molar-refractivity contribution in [2.75, 3.05) is 0 Å². The van der Waals surface area contributed by atoms with E-state index in [1.165, 1.54) is 12.1 Å². The average molecular weight is 472 g/mol. The SMILES string of the molecule is Cc1ccc2cc(F)cc([O][Al][O][Al][O]c3cc(C(F)(F)F)cc4ccc(C)nc34)c2n1. The van der Waals surface area contributed by atoms with Gasteiger partial charge in [-0.2, -0.15) is 13.2 Å². The third-order valence-electron chi connectivity index (χ3n) is 4.55. The molecular weight excluding hydrogens is 458 g/mol. The molecule has 2 heterocycles. The zero-order chi connectivity index (χ0) is 22.9. The number of hydrogen-bond donors (Lipinski definition) is 0. The number of benzene rings is 2. The molecule has 0 unspecified atom stereocenters. The molecular formula is C21H14Al2F4N2O3. The zero-order valence-electron chi connectivity index (χ0n) is 16.9. The highest BCUT2D eigenvalue weighted by Crippen LogP contribution is 2.35. The monoisotopic (exact) mass is 472 g/mol. The van der Waals surface area contributed by atoms with Gasteiger partial charge in [-0.15, -0.1) is 0 Å². The fourth-order valence-electron chi connectivity index (χ4n) is 3.09. The van der Waals surface area contributed by atoms with Gasteiger partial charge < -0.3 is 10.4 Å². The smallest absolute Gasteiger partial charge is 0.626 e. The molecule has 2 radical (unpaired) electrons. The number of aromatic nitrogens is 2. The Morgan fingerprint density at radius 2 is 1.28 bits per heavy atom. The van der Waals surface area contributed by atoms with E-state index in [0.29, 0.717) is 27.5 Å². The number of rotatable bonds is 6. The maximum atomic E-state index is 13.9. The lowest BCUT2D eigenvalue weighted by atomic mass is 10.1. The van der Waals surface area contributed by atoms with Crippen molar-refractivity contribution in [3.05, 3.63) is 71.3 Å². The van der Waals surface area contributed by atoms with E-state index in [2.05, 4.69) is 9.97 Å². The van der Waals surface area contributed by atoms with Crippen LogP contribution in [-0.4, -0.2) is 41.7 Å². The van der Waals surface area contributed by atoms with Crippen LogP contribution in [0.3, 0.4) is 0 Å². The van der Waals surface area contributed by atoms with Gasteiger partial charge in [0, 0.05) is 28.2 Å². The molecule has 0 amide bonds. The standard InChI is InChI=1S/C11H8F3NO.C10H8FNO.2Al.O/c1-6-2-3-7-4-8(11(12,13)14)5-9(16)10(7)15-6;1-6-2-3-7-4-8(11)5-9(13)10(7)12-6;;;/h2-5,16H,1H3;2-5,13H,1H3;;;/q;;2*+1;/p-2. The Morgan fingerprint density at radius 3 is 1.84 bits per heavy atom. The van der Waals surface area contributed by atoms with Crippen LogP contribution in [0, 0.1) is 19.7 Å². The van der Waals surface area contributed by atoms with Crippen LogP contribution >= 0.6 is 0 Å². The van der Waals surface area contributed by atoms with Crippen LogP contribution in [0.5, 0.6) is 11.5 Å². The van der Waals surface area contributed by atoms with Crippen molar-refractivity contribution in [1.82, 2.24) is 9.97 Å². The van der Waals surface area contributed by atoms with Gasteiger partial charge in [0.2, 0.25) is 0 Å². The van der Waals surface area contributed by atoms with Gasteiger partial charge in [0.15, 0.2) is 0 Å². The van der Waals surface area contributed by atoms with Crippen LogP contribution in [0.25, 0.3) is 21.8 Å². The van der Waals surface area contributed by atoms with Gasteiger partial charge in [0.1, 0.15) is 28.3 Å². The van der Waals surface area contributed by atoms with Crippen LogP contribution in [0.4, 0.5) is 17.6 Å². The maximum absolute atomic E-state index is 13.9. The number of fused-ring (bicyclic) bond motifs is 2. The molecule has 0 atom stereocenters. The Morgan fingerprint density at radius 1 is 0.750 bits per heavy atom. The van der Waals surface area contributed by atoms with E-state index >= 15 is 0 Å². The summed E-state index contributed by atoms with van der Waals surface area (Å²) in [5.74, 6) is -0.251. The Bertz CT molecular complexity index is 1300. The summed E-state index contributed by atoms with van der Waals surface area (Å²) in [6.45, 7) is 3.55. The van der Waals surface area contributed by atoms with Crippen molar-refractivity contribution < 1.29 is 28.0 Å². The number of hydrogen-bond acceptors (Lipinski definition) is 5. The third-order valence-corrected chi connectivity index (χ3v) is 6.14. The van der Waals surface area contributed by atoms with Crippen molar-refractivity contribution in [3.8, 4) is 11.5 Å². The van der Waals surface area contributed by atoms with Crippen LogP contribution in [0.2, 0.25) is 0 Å². The number of halogens is 4. The molecule has 0 bridgehead atoms. The minimum Gasteiger partial charge on any atom is -0.626 e. The van der Waals surface area contributed by atoms with Crippen LogP contribution in [0.1, 0.15) is 17.0 Å². The second-order valence-electron chi connectivity index (χ2n) is 6.99. The summed E-state index contributed by atoms with van der Waals surface area (Å²) < 4.78 is 70.1. The van der Waals surface area contributed by atoms with E-state index in [9.17, 15) is 17.6 Å². The average Bonchev–Trinajstić information content (AvgIpc) is 2.73. The van der Waals surface area contributed by atoms with Gasteiger partial charge in [-0.05, 0) is 44.2 Å². The Kier molecular flexibility index (Phi) is 6.57. The van der Waals surface area contributed by atoms with E-state index < -0.39 is 49.3 Å². The summed E-state index contributed by atoms with van der Waals surface area (Å²) in [6, 6.07) is 11.2. The molecule has 0 saturated heterocycles. The number of nitrogens with zero attached hydrogens (tertiary/aromatic N) is 2. The number of alkyl halides is 3. The fraction of sp³-hybridized carbons (Fsp3) is 0.143. The fourth-order valence-corrected chi connectivity index (χ4v) is 4.28. The van der Waals surface area contributed by atoms with Gasteiger partial charge in [0.25, 0.3) is 0 Å². The molecule has 4 aromatic rings. The van der Waals surface area contributed by atoms with Crippen molar-refractivity contribution in [1.29, 1.82) is 0 Å². The summed E-state index contributed by atoms with van der Waals surface area (Å²) in [4.78, 5) is 8.65. The lowest BCUT2D eigenvalue weighted by Gasteiger charge is -2.14. The van der Waals surface area contributed by atoms with Gasteiger partial charge in [0.05, 0.1) is 5.56 Å². The molecule has 0 aliphatic carbocycles. The highest BCUT2D eigenvalue weighted by Gasteiger charge is 2.32. The molecule has 2 aromatic carbocycles. The first-order valence-corrected chi connectivity index (χ1v) is 11.3. The van der Waals surface area contributed by atoms with Gasteiger partial charge in [-0.25, -0.2) is 14.4 Å². The van der Waals surface area contributed by atoms with E-state index in [0.717, 1.165) is 17.8 Å². The Hall–Kier alpha value is -2.40. The highest BCUT2D eigenvalue weighted by atomic mass is 27.3. The predicted octanol–water partition coefficient (Wildman–Crippen LogP) is 5.10. The molecule has 0 saturated carbocycles. The van der Waals surface area contributed by atoms with Crippen molar-refractivity contribution in [2.24, 2.45) is 0 Å². The first kappa shape index (κ1) is 22.8. The van der Waals surface area contributed by atoms with Crippen LogP contribution in [0.15, 0.2) is 48.5 Å². The molecule has 11 heteroatoms. The van der Waals surface area contributed by atoms with Crippen molar-refractivity contribution in [2.45, 2.75) is 20.0 Å². The van der Waals surface area contributed by atoms with E-state index in [1.54, 1.807) is 31.2 Å². The minimum absolute atomic E-state index is 0.0126. The second kappa shape index (κ2) is 9.23. The Balaban J connectivity index is 1.47. The van der Waals surface area contributed by atoms with E-state index in [4.69, 9.17) is 10.4 Å². The molecule has 0 spiro atoms. The van der Waals surface area contributed by atoms with Crippen LogP contribution < -0.4 is 7.58 Å². The van der Waals surface area contributed by atoms with Crippen LogP contribution in [-0.2, 0) is 9.02 Å². The lowest BCUT2D eigenvalue weighted by molar-refractivity contribution is -0.137. The highest BCUT2D eigenvalue weighted by molar-refractivity contribution is 6.35. The van der Waals surface area contributed by atoms with Gasteiger partial charge in [-0.1, -0.05) is 12.1 Å². The second-order valence-corrected chi connectivity index (χ2v) is 8.93. The summed E-state index contributed by atoms with van der Waals surface area (Å²) in [5.41, 5.74) is 1.38. The molecule has 2 aromatic heterocycles.